The fourth-order valence-electron chi connectivity index (χ4n) is 3.44. The summed E-state index contributed by atoms with van der Waals surface area (Å²) in [5, 5.41) is 9.32. The lowest BCUT2D eigenvalue weighted by molar-refractivity contribution is 0.0693. The van der Waals surface area contributed by atoms with Crippen LogP contribution < -0.4 is 9.64 Å². The predicted octanol–water partition coefficient (Wildman–Crippen LogP) is 3.51. The lowest BCUT2D eigenvalue weighted by Crippen LogP contribution is -2.48. The quantitative estimate of drug-likeness (QED) is 0.918. The molecule has 1 heterocycles. The zero-order chi connectivity index (χ0) is 15.1. The first-order valence-corrected chi connectivity index (χ1v) is 7.04. The van der Waals surface area contributed by atoms with Gasteiger partial charge in [0.1, 0.15) is 11.3 Å². The van der Waals surface area contributed by atoms with Crippen LogP contribution in [0.2, 0.25) is 0 Å². The van der Waals surface area contributed by atoms with Crippen LogP contribution >= 0.6 is 0 Å². The Morgan fingerprint density at radius 2 is 2.15 bits per heavy atom. The number of carboxylic acids is 1. The molecule has 0 bridgehead atoms. The number of hydrogen-bond acceptors (Lipinski definition) is 3. The highest BCUT2D eigenvalue weighted by Crippen LogP contribution is 2.45. The van der Waals surface area contributed by atoms with Crippen LogP contribution in [0.25, 0.3) is 0 Å². The minimum absolute atomic E-state index is 0.0664. The van der Waals surface area contributed by atoms with Gasteiger partial charge in [0.05, 0.1) is 7.11 Å². The van der Waals surface area contributed by atoms with E-state index in [9.17, 15) is 9.90 Å². The van der Waals surface area contributed by atoms with Crippen molar-refractivity contribution in [1.29, 1.82) is 0 Å². The van der Waals surface area contributed by atoms with E-state index in [1.165, 1.54) is 7.11 Å². The first-order chi connectivity index (χ1) is 9.31. The van der Waals surface area contributed by atoms with Gasteiger partial charge in [-0.1, -0.05) is 6.92 Å². The van der Waals surface area contributed by atoms with Gasteiger partial charge in [-0.3, -0.25) is 0 Å². The molecule has 1 aromatic carbocycles. The third-order valence-corrected chi connectivity index (χ3v) is 4.25. The molecular formula is C16H23NO3. The zero-order valence-corrected chi connectivity index (χ0v) is 12.9. The second kappa shape index (κ2) is 5.00. The highest BCUT2D eigenvalue weighted by atomic mass is 16.5. The molecule has 0 amide bonds. The molecule has 1 aliphatic rings. The second-order valence-corrected chi connectivity index (χ2v) is 6.08. The SMILES string of the molecule is CCN1c2cc(OC)c(C(=O)O)cc2C(C)CC1(C)C. The molecule has 0 aromatic heterocycles. The monoisotopic (exact) mass is 277 g/mol. The third kappa shape index (κ3) is 2.23. The lowest BCUT2D eigenvalue weighted by Gasteiger charge is -2.47. The molecule has 0 saturated heterocycles. The molecule has 0 fully saturated rings. The summed E-state index contributed by atoms with van der Waals surface area (Å²) in [6, 6.07) is 3.65. The number of benzene rings is 1. The molecule has 0 saturated carbocycles. The Morgan fingerprint density at radius 1 is 1.50 bits per heavy atom. The fraction of sp³-hybridized carbons (Fsp3) is 0.562. The van der Waals surface area contributed by atoms with Crippen LogP contribution in [0.15, 0.2) is 12.1 Å². The van der Waals surface area contributed by atoms with Crippen molar-refractivity contribution in [2.75, 3.05) is 18.6 Å². The Hall–Kier alpha value is -1.71. The number of methoxy groups -OCH3 is 1. The maximum atomic E-state index is 11.4. The number of rotatable bonds is 3. The number of carbonyl (C=O) groups is 1. The van der Waals surface area contributed by atoms with Gasteiger partial charge in [0.2, 0.25) is 0 Å². The van der Waals surface area contributed by atoms with Crippen molar-refractivity contribution in [3.8, 4) is 5.75 Å². The van der Waals surface area contributed by atoms with Gasteiger partial charge in [0.25, 0.3) is 0 Å². The summed E-state index contributed by atoms with van der Waals surface area (Å²) in [7, 11) is 1.52. The van der Waals surface area contributed by atoms with Gasteiger partial charge in [0.15, 0.2) is 0 Å². The van der Waals surface area contributed by atoms with E-state index in [1.54, 1.807) is 6.07 Å². The Balaban J connectivity index is 2.66. The van der Waals surface area contributed by atoms with E-state index in [0.29, 0.717) is 11.7 Å². The first kappa shape index (κ1) is 14.7. The van der Waals surface area contributed by atoms with Crippen molar-refractivity contribution < 1.29 is 14.6 Å². The van der Waals surface area contributed by atoms with E-state index >= 15 is 0 Å². The van der Waals surface area contributed by atoms with Crippen molar-refractivity contribution >= 4 is 11.7 Å². The van der Waals surface area contributed by atoms with Gasteiger partial charge in [0, 0.05) is 23.8 Å². The molecular weight excluding hydrogens is 254 g/mol. The molecule has 20 heavy (non-hydrogen) atoms. The van der Waals surface area contributed by atoms with E-state index in [-0.39, 0.29) is 11.1 Å². The summed E-state index contributed by atoms with van der Waals surface area (Å²) in [5.74, 6) is -0.170. The Kier molecular flexibility index (Phi) is 3.67. The Morgan fingerprint density at radius 3 is 2.65 bits per heavy atom. The largest absolute Gasteiger partial charge is 0.496 e. The molecule has 0 spiro atoms. The van der Waals surface area contributed by atoms with Crippen molar-refractivity contribution in [2.24, 2.45) is 0 Å². The second-order valence-electron chi connectivity index (χ2n) is 6.08. The molecule has 4 nitrogen and oxygen atoms in total. The fourth-order valence-corrected chi connectivity index (χ4v) is 3.44. The van der Waals surface area contributed by atoms with Crippen LogP contribution in [0.1, 0.15) is 56.0 Å². The van der Waals surface area contributed by atoms with Crippen LogP contribution in [0.5, 0.6) is 5.75 Å². The number of fused-ring (bicyclic) bond motifs is 1. The summed E-state index contributed by atoms with van der Waals surface area (Å²) >= 11 is 0. The maximum absolute atomic E-state index is 11.4. The van der Waals surface area contributed by atoms with Gasteiger partial charge in [-0.25, -0.2) is 4.79 Å². The average Bonchev–Trinajstić information content (AvgIpc) is 2.36. The Labute approximate surface area is 120 Å². The van der Waals surface area contributed by atoms with Crippen molar-refractivity contribution in [3.63, 3.8) is 0 Å². The highest BCUT2D eigenvalue weighted by molar-refractivity contribution is 5.92. The molecule has 110 valence electrons. The van der Waals surface area contributed by atoms with Gasteiger partial charge in [-0.15, -0.1) is 0 Å². The standard InChI is InChI=1S/C16H23NO3/c1-6-17-13-8-14(20-5)12(15(18)19)7-11(13)10(2)9-16(17,3)4/h7-8,10H,6,9H2,1-5H3,(H,18,19). The molecule has 1 aromatic rings. The highest BCUT2D eigenvalue weighted by Gasteiger charge is 2.36. The number of hydrogen-bond donors (Lipinski definition) is 1. The summed E-state index contributed by atoms with van der Waals surface area (Å²) < 4.78 is 5.26. The van der Waals surface area contributed by atoms with Gasteiger partial charge in [-0.05, 0) is 44.7 Å². The van der Waals surface area contributed by atoms with Crippen LogP contribution in [-0.2, 0) is 0 Å². The zero-order valence-electron chi connectivity index (χ0n) is 12.9. The normalized spacial score (nSPS) is 20.4. The average molecular weight is 277 g/mol. The third-order valence-electron chi connectivity index (χ3n) is 4.25. The van der Waals surface area contributed by atoms with Crippen LogP contribution in [0, 0.1) is 0 Å². The van der Waals surface area contributed by atoms with Crippen LogP contribution in [0.4, 0.5) is 5.69 Å². The summed E-state index contributed by atoms with van der Waals surface area (Å²) in [6.45, 7) is 9.63. The number of anilines is 1. The number of aromatic carboxylic acids is 1. The van der Waals surface area contributed by atoms with Gasteiger partial charge < -0.3 is 14.7 Å². The topological polar surface area (TPSA) is 49.8 Å². The molecule has 1 N–H and O–H groups in total. The molecule has 1 aliphatic heterocycles. The Bertz CT molecular complexity index is 537. The van der Waals surface area contributed by atoms with Crippen LogP contribution in [-0.4, -0.2) is 30.3 Å². The summed E-state index contributed by atoms with van der Waals surface area (Å²) in [5.41, 5.74) is 2.51. The van der Waals surface area contributed by atoms with E-state index in [2.05, 4.69) is 32.6 Å². The van der Waals surface area contributed by atoms with Crippen molar-refractivity contribution in [2.45, 2.75) is 45.6 Å². The number of ether oxygens (including phenoxy) is 1. The molecule has 1 unspecified atom stereocenters. The molecule has 0 radical (unpaired) electrons. The molecule has 0 aliphatic carbocycles. The lowest BCUT2D eigenvalue weighted by atomic mass is 9.79. The van der Waals surface area contributed by atoms with Gasteiger partial charge in [-0.2, -0.15) is 0 Å². The first-order valence-electron chi connectivity index (χ1n) is 7.04. The van der Waals surface area contributed by atoms with Gasteiger partial charge >= 0.3 is 5.97 Å². The van der Waals surface area contributed by atoms with Crippen molar-refractivity contribution in [3.05, 3.63) is 23.3 Å². The minimum atomic E-state index is -0.940. The molecule has 4 heteroatoms. The number of nitrogens with zero attached hydrogens (tertiary/aromatic N) is 1. The van der Waals surface area contributed by atoms with Crippen LogP contribution in [0.3, 0.4) is 0 Å². The maximum Gasteiger partial charge on any atom is 0.339 e. The van der Waals surface area contributed by atoms with E-state index in [1.807, 2.05) is 6.07 Å². The predicted molar refractivity (Wildman–Crippen MR) is 80.1 cm³/mol. The molecule has 1 atom stereocenters. The van der Waals surface area contributed by atoms with Crippen molar-refractivity contribution in [1.82, 2.24) is 0 Å². The van der Waals surface area contributed by atoms with E-state index in [0.717, 1.165) is 24.2 Å². The molecule has 2 rings (SSSR count). The minimum Gasteiger partial charge on any atom is -0.496 e. The van der Waals surface area contributed by atoms with E-state index in [4.69, 9.17) is 4.74 Å². The van der Waals surface area contributed by atoms with E-state index < -0.39 is 5.97 Å². The summed E-state index contributed by atoms with van der Waals surface area (Å²) in [4.78, 5) is 13.7. The number of carboxylic acid groups (broad SMARTS) is 1. The summed E-state index contributed by atoms with van der Waals surface area (Å²) in [6.07, 6.45) is 1.01. The smallest absolute Gasteiger partial charge is 0.339 e.